The predicted molar refractivity (Wildman–Crippen MR) is 84.0 cm³/mol. The van der Waals surface area contributed by atoms with Gasteiger partial charge in [0.05, 0.1) is 11.6 Å². The normalized spacial score (nSPS) is 16.5. The van der Waals surface area contributed by atoms with Crippen LogP contribution < -0.4 is 4.74 Å². The van der Waals surface area contributed by atoms with Gasteiger partial charge >= 0.3 is 0 Å². The van der Waals surface area contributed by atoms with Crippen molar-refractivity contribution in [3.8, 4) is 11.5 Å². The third-order valence-corrected chi connectivity index (χ3v) is 4.66. The Morgan fingerprint density at radius 1 is 1.42 bits per heavy atom. The van der Waals surface area contributed by atoms with Crippen molar-refractivity contribution in [2.24, 2.45) is 5.92 Å². The molecule has 5 heteroatoms. The van der Waals surface area contributed by atoms with Crippen LogP contribution in [0.15, 0.2) is 16.6 Å². The van der Waals surface area contributed by atoms with E-state index in [2.05, 4.69) is 27.8 Å². The first-order valence-corrected chi connectivity index (χ1v) is 7.58. The summed E-state index contributed by atoms with van der Waals surface area (Å²) in [5.41, 5.74) is 0.908. The molecule has 1 aromatic rings. The van der Waals surface area contributed by atoms with E-state index in [-0.39, 0.29) is 5.75 Å². The number of thiocarbonyl (C=S) groups is 1. The van der Waals surface area contributed by atoms with Crippen LogP contribution in [0, 0.1) is 5.92 Å². The molecule has 0 saturated carbocycles. The lowest BCUT2D eigenvalue weighted by atomic mass is 9.99. The molecular weight excluding hydrogens is 326 g/mol. The molecule has 0 aromatic heterocycles. The van der Waals surface area contributed by atoms with Crippen molar-refractivity contribution < 1.29 is 9.84 Å². The number of phenols is 1. The summed E-state index contributed by atoms with van der Waals surface area (Å²) in [6, 6.07) is 3.64. The van der Waals surface area contributed by atoms with Crippen LogP contribution in [0.4, 0.5) is 0 Å². The predicted octanol–water partition coefficient (Wildman–Crippen LogP) is 3.57. The van der Waals surface area contributed by atoms with Crippen molar-refractivity contribution in [3.05, 3.63) is 22.2 Å². The van der Waals surface area contributed by atoms with E-state index in [4.69, 9.17) is 17.0 Å². The first-order chi connectivity index (χ1) is 9.02. The van der Waals surface area contributed by atoms with Crippen LogP contribution in [0.2, 0.25) is 0 Å². The molecule has 1 saturated heterocycles. The average Bonchev–Trinajstić information content (AvgIpc) is 2.41. The third-order valence-electron chi connectivity index (χ3n) is 3.57. The van der Waals surface area contributed by atoms with Crippen LogP contribution >= 0.6 is 28.1 Å². The number of rotatable bonds is 2. The second-order valence-corrected chi connectivity index (χ2v) is 6.22. The summed E-state index contributed by atoms with van der Waals surface area (Å²) in [5, 5.41) is 9.82. The SMILES string of the molecule is COc1cc(C(=S)N2CCC(C)CC2)cc(Br)c1O. The van der Waals surface area contributed by atoms with Gasteiger partial charge in [0.15, 0.2) is 11.5 Å². The standard InChI is InChI=1S/C14H18BrNO2S/c1-9-3-5-16(6-4-9)14(19)10-7-11(15)13(17)12(8-10)18-2/h7-9,17H,3-6H2,1-2H3. The molecule has 1 aromatic carbocycles. The lowest BCUT2D eigenvalue weighted by Crippen LogP contribution is -2.37. The number of hydrogen-bond acceptors (Lipinski definition) is 3. The number of aromatic hydroxyl groups is 1. The highest BCUT2D eigenvalue weighted by Gasteiger charge is 2.20. The molecule has 1 aliphatic heterocycles. The van der Waals surface area contributed by atoms with E-state index in [1.165, 1.54) is 20.0 Å². The molecule has 0 radical (unpaired) electrons. The highest BCUT2D eigenvalue weighted by Crippen LogP contribution is 2.35. The Morgan fingerprint density at radius 2 is 2.05 bits per heavy atom. The third kappa shape index (κ3) is 3.20. The molecule has 1 N–H and O–H groups in total. The fraction of sp³-hybridized carbons (Fsp3) is 0.500. The van der Waals surface area contributed by atoms with Gasteiger partial charge in [-0.15, -0.1) is 0 Å². The van der Waals surface area contributed by atoms with Crippen LogP contribution in [0.5, 0.6) is 11.5 Å². The molecule has 0 aliphatic carbocycles. The molecule has 1 heterocycles. The molecule has 1 aliphatic rings. The summed E-state index contributed by atoms with van der Waals surface area (Å²) in [4.78, 5) is 3.05. The van der Waals surface area contributed by atoms with E-state index in [0.29, 0.717) is 10.2 Å². The Hall–Kier alpha value is -0.810. The van der Waals surface area contributed by atoms with E-state index < -0.39 is 0 Å². The second kappa shape index (κ2) is 6.09. The summed E-state index contributed by atoms with van der Waals surface area (Å²) in [7, 11) is 1.54. The number of ether oxygens (including phenoxy) is 1. The smallest absolute Gasteiger partial charge is 0.172 e. The number of nitrogens with zero attached hydrogens (tertiary/aromatic N) is 1. The number of piperidine rings is 1. The lowest BCUT2D eigenvalue weighted by molar-refractivity contribution is 0.284. The fourth-order valence-corrected chi connectivity index (χ4v) is 2.99. The average molecular weight is 344 g/mol. The van der Waals surface area contributed by atoms with Crippen LogP contribution in [-0.2, 0) is 0 Å². The van der Waals surface area contributed by atoms with Gasteiger partial charge in [0.25, 0.3) is 0 Å². The number of methoxy groups -OCH3 is 1. The topological polar surface area (TPSA) is 32.7 Å². The zero-order valence-corrected chi connectivity index (χ0v) is 13.6. The van der Waals surface area contributed by atoms with Gasteiger partial charge in [0.2, 0.25) is 0 Å². The van der Waals surface area contributed by atoms with Crippen molar-refractivity contribution in [2.75, 3.05) is 20.2 Å². The number of benzene rings is 1. The molecule has 104 valence electrons. The molecule has 1 fully saturated rings. The Kier molecular flexibility index (Phi) is 4.68. The Bertz CT molecular complexity index is 485. The quantitative estimate of drug-likeness (QED) is 0.832. The molecule has 0 bridgehead atoms. The van der Waals surface area contributed by atoms with Gasteiger partial charge in [0, 0.05) is 18.7 Å². The van der Waals surface area contributed by atoms with E-state index in [9.17, 15) is 5.11 Å². The van der Waals surface area contributed by atoms with Crippen LogP contribution in [0.25, 0.3) is 0 Å². The largest absolute Gasteiger partial charge is 0.503 e. The molecule has 0 atom stereocenters. The minimum atomic E-state index is 0.112. The van der Waals surface area contributed by atoms with Crippen molar-refractivity contribution in [1.82, 2.24) is 4.90 Å². The van der Waals surface area contributed by atoms with Gasteiger partial charge in [0.1, 0.15) is 4.99 Å². The van der Waals surface area contributed by atoms with Gasteiger partial charge in [-0.1, -0.05) is 19.1 Å². The van der Waals surface area contributed by atoms with Crippen LogP contribution in [0.1, 0.15) is 25.3 Å². The molecule has 0 unspecified atom stereocenters. The Morgan fingerprint density at radius 3 is 2.63 bits per heavy atom. The monoisotopic (exact) mass is 343 g/mol. The maximum Gasteiger partial charge on any atom is 0.172 e. The maximum absolute atomic E-state index is 9.82. The summed E-state index contributed by atoms with van der Waals surface area (Å²) in [6.07, 6.45) is 2.35. The van der Waals surface area contributed by atoms with Gasteiger partial charge in [-0.2, -0.15) is 0 Å². The van der Waals surface area contributed by atoms with Crippen molar-refractivity contribution in [2.45, 2.75) is 19.8 Å². The van der Waals surface area contributed by atoms with Gasteiger partial charge in [-0.3, -0.25) is 0 Å². The Balaban J connectivity index is 2.22. The summed E-state index contributed by atoms with van der Waals surface area (Å²) < 4.78 is 5.77. The minimum absolute atomic E-state index is 0.112. The molecule has 0 spiro atoms. The summed E-state index contributed by atoms with van der Waals surface area (Å²) in [5.74, 6) is 1.33. The number of hydrogen-bond donors (Lipinski definition) is 1. The summed E-state index contributed by atoms with van der Waals surface area (Å²) >= 11 is 8.89. The second-order valence-electron chi connectivity index (χ2n) is 4.98. The molecule has 0 amide bonds. The summed E-state index contributed by atoms with van der Waals surface area (Å²) in [6.45, 7) is 4.28. The first-order valence-electron chi connectivity index (χ1n) is 6.38. The molecular formula is C14H18BrNO2S. The molecule has 3 nitrogen and oxygen atoms in total. The zero-order valence-electron chi connectivity index (χ0n) is 11.1. The van der Waals surface area contributed by atoms with Gasteiger partial charge < -0.3 is 14.7 Å². The first kappa shape index (κ1) is 14.6. The van der Waals surface area contributed by atoms with E-state index in [1.807, 2.05) is 6.07 Å². The van der Waals surface area contributed by atoms with E-state index in [0.717, 1.165) is 29.6 Å². The minimum Gasteiger partial charge on any atom is -0.503 e. The van der Waals surface area contributed by atoms with Gasteiger partial charge in [-0.05, 0) is 46.8 Å². The lowest BCUT2D eigenvalue weighted by Gasteiger charge is -2.32. The van der Waals surface area contributed by atoms with Gasteiger partial charge in [-0.25, -0.2) is 0 Å². The highest BCUT2D eigenvalue weighted by atomic mass is 79.9. The van der Waals surface area contributed by atoms with E-state index in [1.54, 1.807) is 6.07 Å². The van der Waals surface area contributed by atoms with Crippen LogP contribution in [0.3, 0.4) is 0 Å². The fourth-order valence-electron chi connectivity index (χ4n) is 2.25. The number of halogens is 1. The van der Waals surface area contributed by atoms with Crippen LogP contribution in [-0.4, -0.2) is 35.2 Å². The Labute approximate surface area is 127 Å². The molecule has 19 heavy (non-hydrogen) atoms. The van der Waals surface area contributed by atoms with Crippen molar-refractivity contribution in [3.63, 3.8) is 0 Å². The molecule has 2 rings (SSSR count). The zero-order chi connectivity index (χ0) is 14.0. The maximum atomic E-state index is 9.82. The number of likely N-dealkylation sites (tertiary alicyclic amines) is 1. The number of phenolic OH excluding ortho intramolecular Hbond substituents is 1. The van der Waals surface area contributed by atoms with Crippen molar-refractivity contribution in [1.29, 1.82) is 0 Å². The van der Waals surface area contributed by atoms with Crippen molar-refractivity contribution >= 4 is 33.1 Å². The highest BCUT2D eigenvalue weighted by molar-refractivity contribution is 9.10. The van der Waals surface area contributed by atoms with E-state index >= 15 is 0 Å².